The molecule has 0 saturated carbocycles. The minimum atomic E-state index is -0.354. The average molecular weight is 304 g/mol. The van der Waals surface area contributed by atoms with Gasteiger partial charge in [0.25, 0.3) is 0 Å². The molecule has 120 valence electrons. The largest absolute Gasteiger partial charge is 0.366 e. The maximum Gasteiger partial charge on any atom is 0.246 e. The molecule has 1 fully saturated rings. The molecular formula is C15H24N6O. The summed E-state index contributed by atoms with van der Waals surface area (Å²) in [7, 11) is 2.17. The van der Waals surface area contributed by atoms with Crippen LogP contribution in [0.4, 0.5) is 0 Å². The number of nitrogens with two attached hydrogens (primary N) is 1. The van der Waals surface area contributed by atoms with Crippen LogP contribution in [-0.2, 0) is 4.79 Å². The summed E-state index contributed by atoms with van der Waals surface area (Å²) in [6.07, 6.45) is 6.50. The quantitative estimate of drug-likeness (QED) is 0.738. The maximum atomic E-state index is 11.3. The molecular weight excluding hydrogens is 280 g/mol. The standard InChI is InChI=1S/C15H24N6O/c1-18-5-7-19(8-6-18)3-2-4-20-12-17-10-14-9-13(15(16)22)11-21(14)20/h9-10,12H,2-8,11H2,1H3,(H2,16,22). The third kappa shape index (κ3) is 3.31. The van der Waals surface area contributed by atoms with Gasteiger partial charge in [0.1, 0.15) is 6.34 Å². The average Bonchev–Trinajstić information content (AvgIpc) is 2.94. The molecule has 3 aliphatic heterocycles. The summed E-state index contributed by atoms with van der Waals surface area (Å²) in [4.78, 5) is 20.5. The molecule has 3 aliphatic rings. The zero-order valence-electron chi connectivity index (χ0n) is 13.1. The molecule has 3 heterocycles. The van der Waals surface area contributed by atoms with Gasteiger partial charge in [0.15, 0.2) is 0 Å². The van der Waals surface area contributed by atoms with E-state index in [-0.39, 0.29) is 5.91 Å². The fraction of sp³-hybridized carbons (Fsp3) is 0.600. The first-order valence-corrected chi connectivity index (χ1v) is 7.82. The second-order valence-electron chi connectivity index (χ2n) is 6.07. The molecule has 7 heteroatoms. The van der Waals surface area contributed by atoms with Gasteiger partial charge in [-0.1, -0.05) is 0 Å². The minimum absolute atomic E-state index is 0.354. The smallest absolute Gasteiger partial charge is 0.246 e. The maximum absolute atomic E-state index is 11.3. The number of hydrazine groups is 1. The molecule has 0 unspecified atom stereocenters. The molecule has 7 nitrogen and oxygen atoms in total. The number of piperazine rings is 1. The number of primary amides is 1. The molecule has 0 aromatic heterocycles. The molecule has 0 bridgehead atoms. The van der Waals surface area contributed by atoms with E-state index in [4.69, 9.17) is 5.73 Å². The van der Waals surface area contributed by atoms with Gasteiger partial charge in [0.2, 0.25) is 5.91 Å². The van der Waals surface area contributed by atoms with Crippen LogP contribution >= 0.6 is 0 Å². The number of fused-ring (bicyclic) bond motifs is 1. The van der Waals surface area contributed by atoms with Gasteiger partial charge in [-0.2, -0.15) is 0 Å². The lowest BCUT2D eigenvalue weighted by molar-refractivity contribution is -0.114. The fourth-order valence-electron chi connectivity index (χ4n) is 3.00. The zero-order chi connectivity index (χ0) is 15.5. The van der Waals surface area contributed by atoms with Crippen molar-refractivity contribution in [3.8, 4) is 0 Å². The number of rotatable bonds is 5. The Kier molecular flexibility index (Phi) is 4.44. The van der Waals surface area contributed by atoms with Crippen LogP contribution in [0.3, 0.4) is 0 Å². The number of carbonyl (C=O) groups excluding carboxylic acids is 1. The van der Waals surface area contributed by atoms with Crippen molar-refractivity contribution < 1.29 is 4.79 Å². The van der Waals surface area contributed by atoms with E-state index in [0.29, 0.717) is 12.1 Å². The van der Waals surface area contributed by atoms with Crippen molar-refractivity contribution in [2.24, 2.45) is 10.7 Å². The Balaban J connectivity index is 1.47. The first-order valence-electron chi connectivity index (χ1n) is 7.82. The Morgan fingerprint density at radius 1 is 1.27 bits per heavy atom. The second-order valence-corrected chi connectivity index (χ2v) is 6.07. The Morgan fingerprint density at radius 2 is 2.05 bits per heavy atom. The van der Waals surface area contributed by atoms with Crippen molar-refractivity contribution in [3.63, 3.8) is 0 Å². The predicted octanol–water partition coefficient (Wildman–Crippen LogP) is -0.548. The van der Waals surface area contributed by atoms with Crippen molar-refractivity contribution in [1.82, 2.24) is 19.8 Å². The highest BCUT2D eigenvalue weighted by Crippen LogP contribution is 2.23. The summed E-state index contributed by atoms with van der Waals surface area (Å²) in [6, 6.07) is 0. The van der Waals surface area contributed by atoms with Gasteiger partial charge in [-0.3, -0.25) is 14.8 Å². The first-order chi connectivity index (χ1) is 10.6. The van der Waals surface area contributed by atoms with E-state index in [0.717, 1.165) is 51.4 Å². The van der Waals surface area contributed by atoms with Gasteiger partial charge in [0.05, 0.1) is 18.4 Å². The lowest BCUT2D eigenvalue weighted by Gasteiger charge is -2.36. The lowest BCUT2D eigenvalue weighted by atomic mass is 10.3. The lowest BCUT2D eigenvalue weighted by Crippen LogP contribution is -2.46. The van der Waals surface area contributed by atoms with E-state index >= 15 is 0 Å². The van der Waals surface area contributed by atoms with Crippen molar-refractivity contribution in [2.45, 2.75) is 6.42 Å². The fourth-order valence-corrected chi connectivity index (χ4v) is 3.00. The molecule has 0 aromatic carbocycles. The number of hydrogen-bond acceptors (Lipinski definition) is 6. The van der Waals surface area contributed by atoms with E-state index in [1.807, 2.05) is 12.4 Å². The number of hydrogen-bond donors (Lipinski definition) is 1. The highest BCUT2D eigenvalue weighted by atomic mass is 16.1. The van der Waals surface area contributed by atoms with Crippen LogP contribution in [0.5, 0.6) is 0 Å². The van der Waals surface area contributed by atoms with Gasteiger partial charge >= 0.3 is 0 Å². The number of amides is 1. The summed E-state index contributed by atoms with van der Waals surface area (Å²) in [5.74, 6) is -0.354. The number of carbonyl (C=O) groups is 1. The van der Waals surface area contributed by atoms with Crippen LogP contribution < -0.4 is 5.73 Å². The normalized spacial score (nSPS) is 22.6. The van der Waals surface area contributed by atoms with Gasteiger partial charge in [-0.25, -0.2) is 4.99 Å². The van der Waals surface area contributed by atoms with Crippen molar-refractivity contribution in [1.29, 1.82) is 0 Å². The molecule has 0 radical (unpaired) electrons. The molecule has 0 aliphatic carbocycles. The Bertz CT molecular complexity index is 518. The number of nitrogens with zero attached hydrogens (tertiary/aromatic N) is 5. The Labute approximate surface area is 131 Å². The van der Waals surface area contributed by atoms with Crippen LogP contribution in [0, 0.1) is 0 Å². The zero-order valence-corrected chi connectivity index (χ0v) is 13.1. The van der Waals surface area contributed by atoms with Gasteiger partial charge < -0.3 is 15.5 Å². The second kappa shape index (κ2) is 6.50. The third-order valence-corrected chi connectivity index (χ3v) is 4.43. The van der Waals surface area contributed by atoms with E-state index in [1.54, 1.807) is 6.20 Å². The predicted molar refractivity (Wildman–Crippen MR) is 85.8 cm³/mol. The monoisotopic (exact) mass is 304 g/mol. The van der Waals surface area contributed by atoms with E-state index in [9.17, 15) is 4.79 Å². The van der Waals surface area contributed by atoms with Gasteiger partial charge in [-0.15, -0.1) is 0 Å². The number of aliphatic imine (C=N–C) groups is 1. The third-order valence-electron chi connectivity index (χ3n) is 4.43. The highest BCUT2D eigenvalue weighted by Gasteiger charge is 2.27. The van der Waals surface area contributed by atoms with Crippen LogP contribution in [0.2, 0.25) is 0 Å². The summed E-state index contributed by atoms with van der Waals surface area (Å²) in [5.41, 5.74) is 6.96. The SMILES string of the molecule is CN1CCN(CCCN2C=NC=C3C=C(C(N)=O)CN32)CC1. The van der Waals surface area contributed by atoms with Crippen LogP contribution in [0.25, 0.3) is 0 Å². The van der Waals surface area contributed by atoms with Crippen molar-refractivity contribution in [3.05, 3.63) is 23.5 Å². The van der Waals surface area contributed by atoms with Crippen LogP contribution in [-0.4, -0.2) is 84.9 Å². The molecule has 0 aromatic rings. The van der Waals surface area contributed by atoms with E-state index in [1.165, 1.54) is 0 Å². The first kappa shape index (κ1) is 15.1. The summed E-state index contributed by atoms with van der Waals surface area (Å²) in [6.45, 7) is 7.13. The highest BCUT2D eigenvalue weighted by molar-refractivity contribution is 5.93. The van der Waals surface area contributed by atoms with Crippen molar-refractivity contribution in [2.75, 3.05) is 52.9 Å². The molecule has 2 N–H and O–H groups in total. The molecule has 0 atom stereocenters. The summed E-state index contributed by atoms with van der Waals surface area (Å²) >= 11 is 0. The van der Waals surface area contributed by atoms with E-state index < -0.39 is 0 Å². The summed E-state index contributed by atoms with van der Waals surface area (Å²) < 4.78 is 0. The van der Waals surface area contributed by atoms with Gasteiger partial charge in [-0.05, 0) is 26.1 Å². The molecule has 1 saturated heterocycles. The minimum Gasteiger partial charge on any atom is -0.366 e. The molecule has 1 amide bonds. The topological polar surface area (TPSA) is 68.4 Å². The van der Waals surface area contributed by atoms with Crippen LogP contribution in [0.1, 0.15) is 6.42 Å². The number of allylic oxidation sites excluding steroid dienone is 1. The van der Waals surface area contributed by atoms with E-state index in [2.05, 4.69) is 31.9 Å². The Hall–Kier alpha value is -1.86. The van der Waals surface area contributed by atoms with Crippen LogP contribution in [0.15, 0.2) is 28.5 Å². The van der Waals surface area contributed by atoms with Gasteiger partial charge in [0, 0.05) is 38.3 Å². The number of likely N-dealkylation sites (N-methyl/N-ethyl adjacent to an activating group) is 1. The Morgan fingerprint density at radius 3 is 2.77 bits per heavy atom. The molecule has 22 heavy (non-hydrogen) atoms. The molecule has 3 rings (SSSR count). The summed E-state index contributed by atoms with van der Waals surface area (Å²) in [5, 5.41) is 4.15. The molecule has 0 spiro atoms. The van der Waals surface area contributed by atoms with Crippen molar-refractivity contribution >= 4 is 12.2 Å².